The summed E-state index contributed by atoms with van der Waals surface area (Å²) in [5.74, 6) is 1.06. The van der Waals surface area contributed by atoms with Crippen LogP contribution in [-0.2, 0) is 29.0 Å². The maximum atomic E-state index is 12.5. The van der Waals surface area contributed by atoms with E-state index in [0.29, 0.717) is 32.4 Å². The van der Waals surface area contributed by atoms with Crippen LogP contribution in [0.15, 0.2) is 42.5 Å². The number of carbonyl (C=O) groups excluding carboxylic acids is 2. The number of carbonyl (C=O) groups is 2. The van der Waals surface area contributed by atoms with Gasteiger partial charge in [-0.1, -0.05) is 24.3 Å². The van der Waals surface area contributed by atoms with Crippen molar-refractivity contribution in [1.29, 1.82) is 0 Å². The van der Waals surface area contributed by atoms with Crippen LogP contribution in [-0.4, -0.2) is 29.9 Å². The average Bonchev–Trinajstić information content (AvgIpc) is 2.70. The number of nitrogens with zero attached hydrogens (tertiary/aromatic N) is 1. The first-order chi connectivity index (χ1) is 13.2. The lowest BCUT2D eigenvalue weighted by Crippen LogP contribution is -2.35. The summed E-state index contributed by atoms with van der Waals surface area (Å²) in [6, 6.07) is 14.1. The minimum absolute atomic E-state index is 0.0648. The molecule has 1 N–H and O–H groups in total. The van der Waals surface area contributed by atoms with E-state index in [0.717, 1.165) is 36.4 Å². The fourth-order valence-corrected chi connectivity index (χ4v) is 3.73. The molecule has 4 rings (SSSR count). The molecular formula is C22H24N2O3. The van der Waals surface area contributed by atoms with Crippen LogP contribution in [0.3, 0.4) is 0 Å². The third kappa shape index (κ3) is 4.13. The van der Waals surface area contributed by atoms with Crippen LogP contribution < -0.4 is 10.1 Å². The Bertz CT molecular complexity index is 862. The van der Waals surface area contributed by atoms with E-state index in [2.05, 4.69) is 23.5 Å². The minimum atomic E-state index is 0.0648. The van der Waals surface area contributed by atoms with Crippen molar-refractivity contribution >= 4 is 17.5 Å². The highest BCUT2D eigenvalue weighted by molar-refractivity contribution is 5.94. The number of benzene rings is 2. The molecule has 2 heterocycles. The Labute approximate surface area is 159 Å². The number of hydrogen-bond donors (Lipinski definition) is 1. The quantitative estimate of drug-likeness (QED) is 0.828. The molecule has 5 heteroatoms. The van der Waals surface area contributed by atoms with Gasteiger partial charge in [0.1, 0.15) is 5.75 Å². The van der Waals surface area contributed by atoms with Crippen LogP contribution in [0.1, 0.15) is 36.0 Å². The predicted molar refractivity (Wildman–Crippen MR) is 104 cm³/mol. The first kappa shape index (κ1) is 17.6. The summed E-state index contributed by atoms with van der Waals surface area (Å²) in [4.78, 5) is 25.8. The number of amides is 2. The van der Waals surface area contributed by atoms with Crippen molar-refractivity contribution in [2.24, 2.45) is 0 Å². The molecule has 140 valence electrons. The van der Waals surface area contributed by atoms with Crippen LogP contribution in [0.25, 0.3) is 0 Å². The lowest BCUT2D eigenvalue weighted by atomic mass is 9.99. The molecule has 2 aliphatic heterocycles. The predicted octanol–water partition coefficient (Wildman–Crippen LogP) is 3.32. The number of nitrogens with one attached hydrogen (secondary N) is 1. The van der Waals surface area contributed by atoms with Crippen molar-refractivity contribution in [1.82, 2.24) is 4.90 Å². The van der Waals surface area contributed by atoms with Crippen molar-refractivity contribution in [2.75, 3.05) is 18.5 Å². The zero-order chi connectivity index (χ0) is 18.6. The molecule has 2 aromatic rings. The van der Waals surface area contributed by atoms with Crippen LogP contribution >= 0.6 is 0 Å². The first-order valence-electron chi connectivity index (χ1n) is 9.59. The molecule has 5 nitrogen and oxygen atoms in total. The van der Waals surface area contributed by atoms with Gasteiger partial charge in [-0.15, -0.1) is 0 Å². The molecule has 0 saturated heterocycles. The number of hydrogen-bond acceptors (Lipinski definition) is 3. The summed E-state index contributed by atoms with van der Waals surface area (Å²) < 4.78 is 5.81. The monoisotopic (exact) mass is 364 g/mol. The number of rotatable bonds is 5. The van der Waals surface area contributed by atoms with Crippen molar-refractivity contribution in [2.45, 2.75) is 38.6 Å². The molecule has 2 amide bonds. The molecular weight excluding hydrogens is 340 g/mol. The maximum absolute atomic E-state index is 12.5. The maximum Gasteiger partial charge on any atom is 0.224 e. The molecule has 27 heavy (non-hydrogen) atoms. The molecule has 2 aliphatic rings. The molecule has 0 unspecified atom stereocenters. The lowest BCUT2D eigenvalue weighted by Gasteiger charge is -2.29. The van der Waals surface area contributed by atoms with Crippen LogP contribution in [0.4, 0.5) is 5.69 Å². The topological polar surface area (TPSA) is 58.6 Å². The molecule has 2 aromatic carbocycles. The Morgan fingerprint density at radius 3 is 2.78 bits per heavy atom. The fourth-order valence-electron chi connectivity index (χ4n) is 3.73. The van der Waals surface area contributed by atoms with E-state index < -0.39 is 0 Å². The van der Waals surface area contributed by atoms with Gasteiger partial charge in [0.25, 0.3) is 0 Å². The van der Waals surface area contributed by atoms with Gasteiger partial charge in [0.15, 0.2) is 0 Å². The lowest BCUT2D eigenvalue weighted by molar-refractivity contribution is -0.132. The van der Waals surface area contributed by atoms with Gasteiger partial charge in [-0.3, -0.25) is 9.59 Å². The minimum Gasteiger partial charge on any atom is -0.494 e. The van der Waals surface area contributed by atoms with E-state index in [1.54, 1.807) is 0 Å². The molecule has 0 saturated carbocycles. The molecule has 0 radical (unpaired) electrons. The van der Waals surface area contributed by atoms with E-state index in [4.69, 9.17) is 4.74 Å². The van der Waals surface area contributed by atoms with Gasteiger partial charge in [-0.25, -0.2) is 0 Å². The molecule has 0 atom stereocenters. The fraction of sp³-hybridized carbons (Fsp3) is 0.364. The third-order valence-electron chi connectivity index (χ3n) is 5.26. The van der Waals surface area contributed by atoms with Crippen LogP contribution in [0.5, 0.6) is 5.75 Å². The van der Waals surface area contributed by atoms with E-state index in [-0.39, 0.29) is 11.8 Å². The number of aryl methyl sites for hydroxylation is 1. The summed E-state index contributed by atoms with van der Waals surface area (Å²) >= 11 is 0. The smallest absolute Gasteiger partial charge is 0.224 e. The average molecular weight is 364 g/mol. The molecule has 0 aliphatic carbocycles. The Balaban J connectivity index is 1.24. The van der Waals surface area contributed by atoms with E-state index in [9.17, 15) is 9.59 Å². The van der Waals surface area contributed by atoms with Crippen molar-refractivity contribution < 1.29 is 14.3 Å². The van der Waals surface area contributed by atoms with Crippen LogP contribution in [0.2, 0.25) is 0 Å². The Hall–Kier alpha value is -2.82. The normalized spacial score (nSPS) is 15.6. The Morgan fingerprint density at radius 1 is 1.04 bits per heavy atom. The second-order valence-corrected chi connectivity index (χ2v) is 7.15. The Morgan fingerprint density at radius 2 is 1.89 bits per heavy atom. The van der Waals surface area contributed by atoms with Gasteiger partial charge < -0.3 is 15.0 Å². The highest BCUT2D eigenvalue weighted by Crippen LogP contribution is 2.27. The van der Waals surface area contributed by atoms with Gasteiger partial charge in [-0.2, -0.15) is 0 Å². The zero-order valence-electron chi connectivity index (χ0n) is 15.4. The van der Waals surface area contributed by atoms with Crippen molar-refractivity contribution in [3.8, 4) is 5.75 Å². The molecule has 0 bridgehead atoms. The standard InChI is InChI=1S/C22H24N2O3/c25-21-10-7-17-14-19(8-9-20(17)23-21)27-13-3-6-22(26)24-12-11-16-4-1-2-5-18(16)15-24/h1-2,4-5,8-9,14H,3,6-7,10-13,15H2,(H,23,25). The SMILES string of the molecule is O=C1CCc2cc(OCCCC(=O)N3CCc4ccccc4C3)ccc2N1. The van der Waals surface area contributed by atoms with Crippen molar-refractivity contribution in [3.63, 3.8) is 0 Å². The highest BCUT2D eigenvalue weighted by Gasteiger charge is 2.20. The summed E-state index contributed by atoms with van der Waals surface area (Å²) in [6.45, 7) is 2.03. The van der Waals surface area contributed by atoms with Gasteiger partial charge in [0.2, 0.25) is 11.8 Å². The van der Waals surface area contributed by atoms with Gasteiger partial charge >= 0.3 is 0 Å². The second-order valence-electron chi connectivity index (χ2n) is 7.15. The summed E-state index contributed by atoms with van der Waals surface area (Å²) in [6.07, 6.45) is 3.40. The Kier molecular flexibility index (Phi) is 5.10. The number of ether oxygens (including phenoxy) is 1. The summed E-state index contributed by atoms with van der Waals surface area (Å²) in [5.41, 5.74) is 4.59. The van der Waals surface area contributed by atoms with Gasteiger partial charge in [0.05, 0.1) is 6.61 Å². The van der Waals surface area contributed by atoms with E-state index >= 15 is 0 Å². The molecule has 0 spiro atoms. The summed E-state index contributed by atoms with van der Waals surface area (Å²) in [5, 5.41) is 2.87. The van der Waals surface area contributed by atoms with Gasteiger partial charge in [0, 0.05) is 31.6 Å². The largest absolute Gasteiger partial charge is 0.494 e. The number of anilines is 1. The summed E-state index contributed by atoms with van der Waals surface area (Å²) in [7, 11) is 0. The highest BCUT2D eigenvalue weighted by atomic mass is 16.5. The molecule has 0 aromatic heterocycles. The second kappa shape index (κ2) is 7.82. The number of fused-ring (bicyclic) bond motifs is 2. The molecule has 0 fully saturated rings. The first-order valence-corrected chi connectivity index (χ1v) is 9.59. The van der Waals surface area contributed by atoms with Gasteiger partial charge in [-0.05, 0) is 54.2 Å². The van der Waals surface area contributed by atoms with E-state index in [1.165, 1.54) is 11.1 Å². The van der Waals surface area contributed by atoms with Crippen molar-refractivity contribution in [3.05, 3.63) is 59.2 Å². The third-order valence-corrected chi connectivity index (χ3v) is 5.26. The van der Waals surface area contributed by atoms with Crippen LogP contribution in [0, 0.1) is 0 Å². The van der Waals surface area contributed by atoms with E-state index in [1.807, 2.05) is 29.2 Å². The zero-order valence-corrected chi connectivity index (χ0v) is 15.4.